The number of hydrogen-bond acceptors (Lipinski definition) is 6. The predicted molar refractivity (Wildman–Crippen MR) is 92.1 cm³/mol. The van der Waals surface area contributed by atoms with Gasteiger partial charge in [0.05, 0.1) is 18.1 Å². The van der Waals surface area contributed by atoms with Gasteiger partial charge in [0.1, 0.15) is 5.69 Å². The molecule has 0 atom stereocenters. The molecule has 0 saturated heterocycles. The highest BCUT2D eigenvalue weighted by molar-refractivity contribution is 7.92. The van der Waals surface area contributed by atoms with Crippen molar-refractivity contribution in [3.63, 3.8) is 0 Å². The molecule has 0 radical (unpaired) electrons. The lowest BCUT2D eigenvalue weighted by atomic mass is 10.3. The first-order chi connectivity index (χ1) is 11.8. The van der Waals surface area contributed by atoms with Crippen LogP contribution in [0.3, 0.4) is 0 Å². The Hall–Kier alpha value is -2.65. The Labute approximate surface area is 148 Å². The van der Waals surface area contributed by atoms with Crippen LogP contribution in [0.15, 0.2) is 41.4 Å². The Morgan fingerprint density at radius 1 is 1.16 bits per heavy atom. The summed E-state index contributed by atoms with van der Waals surface area (Å²) in [6.45, 7) is 0. The Balaban J connectivity index is 2.01. The molecule has 0 saturated carbocycles. The van der Waals surface area contributed by atoms with Gasteiger partial charge in [-0.25, -0.2) is 14.8 Å². The summed E-state index contributed by atoms with van der Waals surface area (Å²) in [6.07, 6.45) is 0. The molecule has 1 N–H and O–H groups in total. The number of ether oxygens (including phenoxy) is 1. The molecule has 0 amide bonds. The minimum atomic E-state index is -4.04. The van der Waals surface area contributed by atoms with Crippen molar-refractivity contribution in [1.82, 2.24) is 14.5 Å². The number of para-hydroxylation sites is 2. The average molecular weight is 381 g/mol. The van der Waals surface area contributed by atoms with Gasteiger partial charge in [-0.1, -0.05) is 23.7 Å². The van der Waals surface area contributed by atoms with Gasteiger partial charge in [-0.3, -0.25) is 4.72 Å². The zero-order valence-electron chi connectivity index (χ0n) is 13.2. The molecule has 0 fully saturated rings. The van der Waals surface area contributed by atoms with Crippen LogP contribution in [0.4, 0.5) is 5.82 Å². The van der Waals surface area contributed by atoms with Crippen LogP contribution in [-0.2, 0) is 21.8 Å². The molecule has 130 valence electrons. The summed E-state index contributed by atoms with van der Waals surface area (Å²) in [5, 5.41) is -0.219. The van der Waals surface area contributed by atoms with Crippen LogP contribution in [0.25, 0.3) is 11.0 Å². The van der Waals surface area contributed by atoms with Crippen LogP contribution in [0.5, 0.6) is 0 Å². The van der Waals surface area contributed by atoms with Crippen molar-refractivity contribution >= 4 is 44.4 Å². The van der Waals surface area contributed by atoms with Crippen LogP contribution in [0, 0.1) is 0 Å². The van der Waals surface area contributed by atoms with E-state index in [1.165, 1.54) is 30.9 Å². The molecule has 0 aliphatic carbocycles. The molecule has 3 aromatic rings. The Morgan fingerprint density at radius 2 is 1.80 bits per heavy atom. The largest absolute Gasteiger partial charge is 0.464 e. The zero-order chi connectivity index (χ0) is 18.2. The maximum atomic E-state index is 12.6. The Kier molecular flexibility index (Phi) is 4.36. The molecule has 0 unspecified atom stereocenters. The van der Waals surface area contributed by atoms with Crippen molar-refractivity contribution < 1.29 is 17.9 Å². The molecule has 0 aliphatic heterocycles. The average Bonchev–Trinajstić information content (AvgIpc) is 2.97. The minimum Gasteiger partial charge on any atom is -0.464 e. The molecule has 25 heavy (non-hydrogen) atoms. The van der Waals surface area contributed by atoms with E-state index in [4.69, 9.17) is 11.6 Å². The van der Waals surface area contributed by atoms with E-state index in [1.54, 1.807) is 24.3 Å². The fourth-order valence-corrected chi connectivity index (χ4v) is 3.74. The summed E-state index contributed by atoms with van der Waals surface area (Å²) in [6, 6.07) is 9.57. The van der Waals surface area contributed by atoms with Crippen molar-refractivity contribution in [2.75, 3.05) is 11.8 Å². The summed E-state index contributed by atoms with van der Waals surface area (Å²) in [4.78, 5) is 19.9. The van der Waals surface area contributed by atoms with E-state index >= 15 is 0 Å². The molecule has 2 aromatic heterocycles. The minimum absolute atomic E-state index is 0.0790. The molecule has 1 aromatic carbocycles. The fourth-order valence-electron chi connectivity index (χ4n) is 2.29. The lowest BCUT2D eigenvalue weighted by Crippen LogP contribution is -2.19. The van der Waals surface area contributed by atoms with Gasteiger partial charge in [0.2, 0.25) is 0 Å². The van der Waals surface area contributed by atoms with Crippen molar-refractivity contribution in [3.05, 3.63) is 47.2 Å². The van der Waals surface area contributed by atoms with Crippen LogP contribution in [0.1, 0.15) is 10.5 Å². The molecule has 0 aliphatic rings. The quantitative estimate of drug-likeness (QED) is 0.696. The summed E-state index contributed by atoms with van der Waals surface area (Å²) >= 11 is 6.03. The highest BCUT2D eigenvalue weighted by Crippen LogP contribution is 2.24. The normalized spacial score (nSPS) is 11.5. The smallest absolute Gasteiger partial charge is 0.354 e. The monoisotopic (exact) mass is 380 g/mol. The third kappa shape index (κ3) is 3.15. The number of carbonyl (C=O) groups is 1. The second-order valence-corrected chi connectivity index (χ2v) is 7.05. The first-order valence-corrected chi connectivity index (χ1v) is 8.89. The van der Waals surface area contributed by atoms with E-state index in [1.807, 2.05) is 0 Å². The van der Waals surface area contributed by atoms with Gasteiger partial charge in [-0.2, -0.15) is 8.42 Å². The molecule has 3 rings (SSSR count). The molecular weight excluding hydrogens is 368 g/mol. The van der Waals surface area contributed by atoms with Gasteiger partial charge in [0.25, 0.3) is 10.0 Å². The Morgan fingerprint density at radius 3 is 2.44 bits per heavy atom. The number of hydrogen-bond donors (Lipinski definition) is 1. The highest BCUT2D eigenvalue weighted by atomic mass is 35.5. The van der Waals surface area contributed by atoms with Crippen molar-refractivity contribution in [2.45, 2.75) is 5.03 Å². The van der Waals surface area contributed by atoms with Gasteiger partial charge in [-0.05, 0) is 24.3 Å². The van der Waals surface area contributed by atoms with Crippen LogP contribution >= 0.6 is 11.6 Å². The van der Waals surface area contributed by atoms with E-state index in [0.29, 0.717) is 11.0 Å². The van der Waals surface area contributed by atoms with Gasteiger partial charge in [0.15, 0.2) is 16.0 Å². The SMILES string of the molecule is COC(=O)c1ccc(S(=O)(=O)Nc2nc3ccccc3nc2Cl)n1C. The Bertz CT molecular complexity index is 1080. The summed E-state index contributed by atoms with van der Waals surface area (Å²) < 4.78 is 33.4. The lowest BCUT2D eigenvalue weighted by molar-refractivity contribution is 0.0589. The van der Waals surface area contributed by atoms with Crippen molar-refractivity contribution in [1.29, 1.82) is 0 Å². The molecule has 2 heterocycles. The third-order valence-corrected chi connectivity index (χ3v) is 5.19. The maximum Gasteiger partial charge on any atom is 0.354 e. The summed E-state index contributed by atoms with van der Waals surface area (Å²) in [5.74, 6) is -0.742. The molecular formula is C15H13ClN4O4S. The topological polar surface area (TPSA) is 103 Å². The van der Waals surface area contributed by atoms with Gasteiger partial charge < -0.3 is 9.30 Å². The molecule has 8 nitrogen and oxygen atoms in total. The van der Waals surface area contributed by atoms with Gasteiger partial charge >= 0.3 is 5.97 Å². The number of benzene rings is 1. The van der Waals surface area contributed by atoms with Crippen LogP contribution < -0.4 is 4.72 Å². The number of aromatic nitrogens is 3. The van der Waals surface area contributed by atoms with E-state index in [0.717, 1.165) is 0 Å². The summed E-state index contributed by atoms with van der Waals surface area (Å²) in [7, 11) is -1.38. The van der Waals surface area contributed by atoms with E-state index in [9.17, 15) is 13.2 Å². The number of carbonyl (C=O) groups excluding carboxylic acids is 1. The predicted octanol–water partition coefficient (Wildman–Crippen LogP) is 2.21. The standard InChI is InChI=1S/C15H13ClN4O4S/c1-20-11(15(21)24-2)7-8-12(20)25(22,23)19-14-13(16)17-9-5-3-4-6-10(9)18-14/h3-8H,1-2H3,(H,18,19). The molecule has 0 bridgehead atoms. The van der Waals surface area contributed by atoms with Crippen LogP contribution in [0.2, 0.25) is 5.15 Å². The first-order valence-electron chi connectivity index (χ1n) is 7.02. The third-order valence-electron chi connectivity index (χ3n) is 3.50. The van der Waals surface area contributed by atoms with Crippen molar-refractivity contribution in [3.8, 4) is 0 Å². The lowest BCUT2D eigenvalue weighted by Gasteiger charge is -2.11. The highest BCUT2D eigenvalue weighted by Gasteiger charge is 2.24. The number of esters is 1. The number of sulfonamides is 1. The summed E-state index contributed by atoms with van der Waals surface area (Å²) in [5.41, 5.74) is 1.13. The van der Waals surface area contributed by atoms with Gasteiger partial charge in [-0.15, -0.1) is 0 Å². The number of anilines is 1. The number of nitrogens with one attached hydrogen (secondary N) is 1. The molecule has 10 heteroatoms. The molecule has 0 spiro atoms. The van der Waals surface area contributed by atoms with E-state index in [2.05, 4.69) is 19.4 Å². The second kappa shape index (κ2) is 6.34. The van der Waals surface area contributed by atoms with E-state index in [-0.39, 0.29) is 21.7 Å². The van der Waals surface area contributed by atoms with E-state index < -0.39 is 16.0 Å². The van der Waals surface area contributed by atoms with Crippen molar-refractivity contribution in [2.24, 2.45) is 7.05 Å². The number of rotatable bonds is 4. The zero-order valence-corrected chi connectivity index (χ0v) is 14.8. The van der Waals surface area contributed by atoms with Crippen LogP contribution in [-0.4, -0.2) is 36.0 Å². The number of nitrogens with zero attached hydrogens (tertiary/aromatic N) is 3. The number of methoxy groups -OCH3 is 1. The van der Waals surface area contributed by atoms with Gasteiger partial charge in [0, 0.05) is 7.05 Å². The first kappa shape index (κ1) is 17.2. The number of fused-ring (bicyclic) bond motifs is 1. The number of halogens is 1. The maximum absolute atomic E-state index is 12.6. The fraction of sp³-hybridized carbons (Fsp3) is 0.133. The second-order valence-electron chi connectivity index (χ2n) is 5.06.